The Morgan fingerprint density at radius 3 is 2.56 bits per heavy atom. The molecule has 1 N–H and O–H groups in total. The molecule has 8 nitrogen and oxygen atoms in total. The highest BCUT2D eigenvalue weighted by Gasteiger charge is 2.31. The second kappa shape index (κ2) is 14.4. The number of carbonyl (C=O) groups excluding carboxylic acids is 1. The fourth-order valence-corrected chi connectivity index (χ4v) is 4.83. The molecule has 8 heteroatoms. The minimum absolute atomic E-state index is 0.0983. The molecule has 0 bridgehead atoms. The molecule has 2 aliphatic rings. The largest absolute Gasteiger partial charge is 0.498 e. The quantitative estimate of drug-likeness (QED) is 0.186. The number of aliphatic carboxylic acids is 1. The average molecular weight is 536 g/mol. The summed E-state index contributed by atoms with van der Waals surface area (Å²) in [6.07, 6.45) is 11.8. The van der Waals surface area contributed by atoms with Crippen LogP contribution in [0.25, 0.3) is 0 Å². The van der Waals surface area contributed by atoms with Gasteiger partial charge in [-0.25, -0.2) is 4.79 Å². The molecule has 0 aromatic heterocycles. The van der Waals surface area contributed by atoms with Gasteiger partial charge in [0, 0.05) is 45.5 Å². The highest BCUT2D eigenvalue weighted by atomic mass is 16.5. The lowest BCUT2D eigenvalue weighted by molar-refractivity contribution is -0.134. The minimum Gasteiger partial charge on any atom is -0.498 e. The number of likely N-dealkylation sites (N-methyl/N-ethyl adjacent to an activating group) is 1. The number of carboxylic acid groups (broad SMARTS) is 1. The Morgan fingerprint density at radius 1 is 1.23 bits per heavy atom. The SMILES string of the molecule is CC=C(C=C(C)OCC1CCN(C(=CC=C(C=NC)N(C)C(=O)C2Cc3ccccc3O2)CC)CC1)C(=O)O. The number of amides is 1. The molecule has 0 radical (unpaired) electrons. The maximum atomic E-state index is 13.2. The third-order valence-corrected chi connectivity index (χ3v) is 7.19. The van der Waals surface area contributed by atoms with E-state index in [9.17, 15) is 14.7 Å². The Morgan fingerprint density at radius 2 is 1.95 bits per heavy atom. The van der Waals surface area contributed by atoms with Crippen molar-refractivity contribution in [3.8, 4) is 5.75 Å². The molecule has 3 rings (SSSR count). The molecule has 1 amide bonds. The van der Waals surface area contributed by atoms with Gasteiger partial charge in [-0.05, 0) is 68.9 Å². The number of ether oxygens (including phenoxy) is 2. The number of nitrogens with zero attached hydrogens (tertiary/aromatic N) is 3. The van der Waals surface area contributed by atoms with Crippen molar-refractivity contribution >= 4 is 18.1 Å². The highest BCUT2D eigenvalue weighted by molar-refractivity contribution is 5.91. The molecule has 1 aromatic rings. The first-order valence-electron chi connectivity index (χ1n) is 13.6. The van der Waals surface area contributed by atoms with Crippen LogP contribution >= 0.6 is 0 Å². The monoisotopic (exact) mass is 535 g/mol. The summed E-state index contributed by atoms with van der Waals surface area (Å²) >= 11 is 0. The van der Waals surface area contributed by atoms with Crippen LogP contribution in [0.2, 0.25) is 0 Å². The van der Waals surface area contributed by atoms with Gasteiger partial charge in [-0.15, -0.1) is 0 Å². The summed E-state index contributed by atoms with van der Waals surface area (Å²) in [7, 11) is 3.46. The first-order chi connectivity index (χ1) is 18.8. The van der Waals surface area contributed by atoms with Crippen LogP contribution in [0.5, 0.6) is 5.75 Å². The van der Waals surface area contributed by atoms with Gasteiger partial charge in [0.2, 0.25) is 0 Å². The van der Waals surface area contributed by atoms with E-state index >= 15 is 0 Å². The van der Waals surface area contributed by atoms with E-state index in [1.165, 1.54) is 5.70 Å². The Kier molecular flexibility index (Phi) is 11.0. The summed E-state index contributed by atoms with van der Waals surface area (Å²) in [6.45, 7) is 8.04. The predicted octanol–water partition coefficient (Wildman–Crippen LogP) is 4.99. The number of likely N-dealkylation sites (tertiary alicyclic amines) is 1. The standard InChI is InChI=1S/C31H41N3O5/c1-6-24(31(36)37)18-22(3)38-21-23-14-16-34(17-15-23)26(7-2)12-13-27(20-32-4)33(5)30(35)29-19-25-10-8-9-11-28(25)39-29/h6,8-13,18,20,23,29H,7,14-17,19,21H2,1-5H3,(H,36,37). The molecule has 1 aromatic carbocycles. The van der Waals surface area contributed by atoms with E-state index in [2.05, 4.69) is 22.9 Å². The smallest absolute Gasteiger partial charge is 0.335 e. The number of allylic oxidation sites excluding steroid dienone is 6. The third kappa shape index (κ3) is 8.09. The van der Waals surface area contributed by atoms with Gasteiger partial charge in [-0.3, -0.25) is 9.79 Å². The van der Waals surface area contributed by atoms with Crippen LogP contribution in [0.1, 0.15) is 45.6 Å². The Hall–Kier alpha value is -3.81. The number of hydrogen-bond donors (Lipinski definition) is 1. The summed E-state index contributed by atoms with van der Waals surface area (Å²) in [5.41, 5.74) is 3.20. The summed E-state index contributed by atoms with van der Waals surface area (Å²) in [4.78, 5) is 32.6. The molecule has 1 fully saturated rings. The number of piperidine rings is 1. The van der Waals surface area contributed by atoms with Crippen molar-refractivity contribution in [1.29, 1.82) is 0 Å². The van der Waals surface area contributed by atoms with E-state index < -0.39 is 12.1 Å². The van der Waals surface area contributed by atoms with Crippen molar-refractivity contribution in [3.63, 3.8) is 0 Å². The summed E-state index contributed by atoms with van der Waals surface area (Å²) in [5, 5.41) is 9.18. The maximum Gasteiger partial charge on any atom is 0.335 e. The summed E-state index contributed by atoms with van der Waals surface area (Å²) < 4.78 is 11.8. The number of carbonyl (C=O) groups is 2. The zero-order chi connectivity index (χ0) is 28.4. The lowest BCUT2D eigenvalue weighted by Gasteiger charge is -2.35. The van der Waals surface area contributed by atoms with Crippen LogP contribution in [-0.2, 0) is 20.7 Å². The van der Waals surface area contributed by atoms with E-state index in [1.54, 1.807) is 51.2 Å². The van der Waals surface area contributed by atoms with Crippen LogP contribution in [0, 0.1) is 5.92 Å². The minimum atomic E-state index is -0.956. The van der Waals surface area contributed by atoms with Crippen molar-refractivity contribution in [2.75, 3.05) is 33.8 Å². The van der Waals surface area contributed by atoms with Gasteiger partial charge in [0.25, 0.3) is 5.91 Å². The van der Waals surface area contributed by atoms with E-state index in [0.29, 0.717) is 30.4 Å². The Bertz CT molecular complexity index is 1150. The van der Waals surface area contributed by atoms with Gasteiger partial charge in [-0.2, -0.15) is 0 Å². The summed E-state index contributed by atoms with van der Waals surface area (Å²) in [5.74, 6) is 0.749. The first kappa shape index (κ1) is 29.7. The zero-order valence-corrected chi connectivity index (χ0v) is 23.7. The van der Waals surface area contributed by atoms with Crippen molar-refractivity contribution < 1.29 is 24.2 Å². The fraction of sp³-hybridized carbons (Fsp3) is 0.452. The molecule has 210 valence electrons. The topological polar surface area (TPSA) is 91.7 Å². The molecule has 0 spiro atoms. The fourth-order valence-electron chi connectivity index (χ4n) is 4.83. The molecule has 39 heavy (non-hydrogen) atoms. The number of fused-ring (bicyclic) bond motifs is 1. The van der Waals surface area contributed by atoms with Crippen molar-refractivity contribution in [2.45, 2.75) is 52.6 Å². The molecule has 1 atom stereocenters. The van der Waals surface area contributed by atoms with Gasteiger partial charge < -0.3 is 24.4 Å². The van der Waals surface area contributed by atoms with Gasteiger partial charge >= 0.3 is 5.97 Å². The molecular weight excluding hydrogens is 494 g/mol. The van der Waals surface area contributed by atoms with Crippen molar-refractivity contribution in [3.05, 3.63) is 76.9 Å². The molecule has 1 unspecified atom stereocenters. The summed E-state index contributed by atoms with van der Waals surface area (Å²) in [6, 6.07) is 7.77. The number of carboxylic acids is 1. The normalized spacial score (nSPS) is 19.2. The van der Waals surface area contributed by atoms with Crippen molar-refractivity contribution in [2.24, 2.45) is 10.9 Å². The number of aliphatic imine (C=N–C) groups is 1. The second-order valence-corrected chi connectivity index (χ2v) is 9.85. The Balaban J connectivity index is 1.58. The maximum absolute atomic E-state index is 13.2. The van der Waals surface area contributed by atoms with Crippen LogP contribution < -0.4 is 4.74 Å². The predicted molar refractivity (Wildman–Crippen MR) is 154 cm³/mol. The Labute approximate surface area is 232 Å². The third-order valence-electron chi connectivity index (χ3n) is 7.19. The molecular formula is C31H41N3O5. The van der Waals surface area contributed by atoms with Crippen molar-refractivity contribution in [1.82, 2.24) is 9.80 Å². The number of hydrogen-bond acceptors (Lipinski definition) is 6. The van der Waals surface area contributed by atoms with Crippen LogP contribution in [0.15, 0.2) is 76.3 Å². The molecule has 0 saturated carbocycles. The van der Waals surface area contributed by atoms with Crippen LogP contribution in [0.4, 0.5) is 0 Å². The highest BCUT2D eigenvalue weighted by Crippen LogP contribution is 2.29. The van der Waals surface area contributed by atoms with Gasteiger partial charge in [0.05, 0.1) is 23.6 Å². The molecule has 2 aliphatic heterocycles. The van der Waals surface area contributed by atoms with Gasteiger partial charge in [0.1, 0.15) is 5.75 Å². The second-order valence-electron chi connectivity index (χ2n) is 9.85. The average Bonchev–Trinajstić information content (AvgIpc) is 3.38. The van der Waals surface area contributed by atoms with E-state index in [0.717, 1.165) is 43.7 Å². The molecule has 1 saturated heterocycles. The number of rotatable bonds is 11. The van der Waals surface area contributed by atoms with Crippen LogP contribution in [-0.4, -0.2) is 72.9 Å². The number of benzene rings is 1. The molecule has 2 heterocycles. The lowest BCUT2D eigenvalue weighted by atomic mass is 9.97. The van der Waals surface area contributed by atoms with Gasteiger partial charge in [-0.1, -0.05) is 31.2 Å². The van der Waals surface area contributed by atoms with E-state index in [-0.39, 0.29) is 11.5 Å². The molecule has 0 aliphatic carbocycles. The van der Waals surface area contributed by atoms with Gasteiger partial charge in [0.15, 0.2) is 6.10 Å². The lowest BCUT2D eigenvalue weighted by Crippen LogP contribution is -2.38. The van der Waals surface area contributed by atoms with Crippen LogP contribution in [0.3, 0.4) is 0 Å². The van der Waals surface area contributed by atoms with E-state index in [1.807, 2.05) is 30.3 Å². The zero-order valence-electron chi connectivity index (χ0n) is 23.7. The number of para-hydroxylation sites is 1. The first-order valence-corrected chi connectivity index (χ1v) is 13.6. The van der Waals surface area contributed by atoms with E-state index in [4.69, 9.17) is 9.47 Å².